The van der Waals surface area contributed by atoms with Crippen LogP contribution < -0.4 is 31.9 Å². The molecule has 0 saturated heterocycles. The van der Waals surface area contributed by atoms with Gasteiger partial charge < -0.3 is 36.6 Å². The second kappa shape index (κ2) is 27.3. The van der Waals surface area contributed by atoms with E-state index in [2.05, 4.69) is 164 Å². The van der Waals surface area contributed by atoms with Crippen LogP contribution in [0, 0.1) is 0 Å². The van der Waals surface area contributed by atoms with Crippen molar-refractivity contribution in [1.29, 1.82) is 0 Å². The van der Waals surface area contributed by atoms with Gasteiger partial charge in [-0.3, -0.25) is 0 Å². The third kappa shape index (κ3) is 28.1. The molecular formula is C38H72N6O. The number of hydrogen-bond donors (Lipinski definition) is 6. The lowest BCUT2D eigenvalue weighted by molar-refractivity contribution is 0.135. The van der Waals surface area contributed by atoms with Crippen LogP contribution in [0.3, 0.4) is 0 Å². The molecule has 7 heteroatoms. The minimum absolute atomic E-state index is 0.520. The Labute approximate surface area is 278 Å². The number of ether oxygens (including phenoxy) is 1. The number of nitrogens with one attached hydrogen (secondary N) is 6. The Morgan fingerprint density at radius 3 is 0.911 bits per heavy atom. The van der Waals surface area contributed by atoms with E-state index in [1.54, 1.807) is 0 Å². The molecule has 0 radical (unpaired) electrons. The lowest BCUT2D eigenvalue weighted by Crippen LogP contribution is -2.34. The van der Waals surface area contributed by atoms with Crippen LogP contribution in [-0.4, -0.2) is 75.6 Å². The van der Waals surface area contributed by atoms with Crippen molar-refractivity contribution in [2.75, 3.05) is 39.4 Å². The molecule has 2 rings (SSSR count). The standard InChI is InChI=1S/C20H28N2.C10H24N2O.C8H20N2/c1-15(2)21-13-17-5-9-19(10-6-17)20-11-7-18(8-12-20)14-22-16(3)4;1-9(2)11-5-7-13-8-6-12-10(3)4;1-7(2)9-5-6-10-8(3)4/h5-12,15-16,21-22H,13-14H2,1-4H3;9-12H,5-8H2,1-4H3;7-10H,5-6H2,1-4H3. The largest absolute Gasteiger partial charge is 0.379 e. The van der Waals surface area contributed by atoms with Crippen LogP contribution in [0.1, 0.15) is 94.2 Å². The Morgan fingerprint density at radius 2 is 0.644 bits per heavy atom. The Balaban J connectivity index is 0.000000718. The van der Waals surface area contributed by atoms with Crippen LogP contribution in [0.15, 0.2) is 48.5 Å². The first-order chi connectivity index (χ1) is 21.3. The van der Waals surface area contributed by atoms with E-state index >= 15 is 0 Å². The Morgan fingerprint density at radius 1 is 0.378 bits per heavy atom. The van der Waals surface area contributed by atoms with Crippen LogP contribution in [-0.2, 0) is 17.8 Å². The second-order valence-corrected chi connectivity index (χ2v) is 13.5. The van der Waals surface area contributed by atoms with Crippen molar-refractivity contribution in [3.63, 3.8) is 0 Å². The molecule has 7 nitrogen and oxygen atoms in total. The smallest absolute Gasteiger partial charge is 0.0591 e. The van der Waals surface area contributed by atoms with E-state index in [1.807, 2.05) is 0 Å². The van der Waals surface area contributed by atoms with Crippen LogP contribution in [0.5, 0.6) is 0 Å². The first-order valence-corrected chi connectivity index (χ1v) is 17.5. The molecule has 0 amide bonds. The van der Waals surface area contributed by atoms with Crippen LogP contribution in [0.2, 0.25) is 0 Å². The van der Waals surface area contributed by atoms with Gasteiger partial charge in [-0.25, -0.2) is 0 Å². The van der Waals surface area contributed by atoms with Gasteiger partial charge in [0, 0.05) is 75.5 Å². The summed E-state index contributed by atoms with van der Waals surface area (Å²) in [4.78, 5) is 0. The molecule has 0 saturated carbocycles. The van der Waals surface area contributed by atoms with E-state index in [4.69, 9.17) is 4.74 Å². The summed E-state index contributed by atoms with van der Waals surface area (Å²) in [7, 11) is 0. The van der Waals surface area contributed by atoms with Crippen LogP contribution >= 0.6 is 0 Å². The topological polar surface area (TPSA) is 81.4 Å². The lowest BCUT2D eigenvalue weighted by Gasteiger charge is -2.10. The Kier molecular flexibility index (Phi) is 26.2. The monoisotopic (exact) mass is 629 g/mol. The van der Waals surface area contributed by atoms with E-state index in [9.17, 15) is 0 Å². The molecule has 0 aliphatic heterocycles. The first-order valence-electron chi connectivity index (χ1n) is 17.5. The van der Waals surface area contributed by atoms with Gasteiger partial charge in [0.25, 0.3) is 0 Å². The van der Waals surface area contributed by atoms with E-state index < -0.39 is 0 Å². The van der Waals surface area contributed by atoms with E-state index in [0.717, 1.165) is 52.5 Å². The van der Waals surface area contributed by atoms with Crippen LogP contribution in [0.4, 0.5) is 0 Å². The molecule has 260 valence electrons. The lowest BCUT2D eigenvalue weighted by atomic mass is 10.0. The molecular weight excluding hydrogens is 556 g/mol. The van der Waals surface area contributed by atoms with Crippen molar-refractivity contribution in [3.05, 3.63) is 59.7 Å². The summed E-state index contributed by atoms with van der Waals surface area (Å²) in [5, 5.41) is 20.2. The molecule has 0 atom stereocenters. The van der Waals surface area contributed by atoms with E-state index in [-0.39, 0.29) is 0 Å². The Bertz CT molecular complexity index is 835. The van der Waals surface area contributed by atoms with Crippen molar-refractivity contribution >= 4 is 0 Å². The molecule has 45 heavy (non-hydrogen) atoms. The third-order valence-electron chi connectivity index (χ3n) is 6.50. The van der Waals surface area contributed by atoms with Crippen LogP contribution in [0.25, 0.3) is 11.1 Å². The minimum Gasteiger partial charge on any atom is -0.379 e. The quantitative estimate of drug-likeness (QED) is 0.0957. The van der Waals surface area contributed by atoms with Gasteiger partial charge in [-0.2, -0.15) is 0 Å². The maximum absolute atomic E-state index is 5.41. The molecule has 0 aliphatic rings. The van der Waals surface area contributed by atoms with Gasteiger partial charge in [0.15, 0.2) is 0 Å². The fourth-order valence-electron chi connectivity index (χ4n) is 3.94. The molecule has 0 aromatic heterocycles. The zero-order chi connectivity index (χ0) is 34.0. The molecule has 6 N–H and O–H groups in total. The highest BCUT2D eigenvalue weighted by Crippen LogP contribution is 2.20. The normalized spacial score (nSPS) is 11.4. The average molecular weight is 629 g/mol. The summed E-state index contributed by atoms with van der Waals surface area (Å²) in [5.74, 6) is 0. The number of hydrogen-bond acceptors (Lipinski definition) is 7. The molecule has 0 bridgehead atoms. The molecule has 2 aromatic rings. The zero-order valence-corrected chi connectivity index (χ0v) is 31.1. The van der Waals surface area contributed by atoms with Gasteiger partial charge in [-0.05, 0) is 22.3 Å². The van der Waals surface area contributed by atoms with Crippen molar-refractivity contribution in [1.82, 2.24) is 31.9 Å². The predicted molar refractivity (Wildman–Crippen MR) is 199 cm³/mol. The van der Waals surface area contributed by atoms with Crippen molar-refractivity contribution < 1.29 is 4.74 Å². The fraction of sp³-hybridized carbons (Fsp3) is 0.684. The summed E-state index contributed by atoms with van der Waals surface area (Å²) in [5.41, 5.74) is 5.21. The molecule has 2 aromatic carbocycles. The molecule has 0 unspecified atom stereocenters. The highest BCUT2D eigenvalue weighted by molar-refractivity contribution is 5.63. The second-order valence-electron chi connectivity index (χ2n) is 13.5. The summed E-state index contributed by atoms with van der Waals surface area (Å²) >= 11 is 0. The van der Waals surface area contributed by atoms with Gasteiger partial charge in [0.05, 0.1) is 13.2 Å². The SMILES string of the molecule is CC(C)NCCNC(C)C.CC(C)NCCOCCNC(C)C.CC(C)NCc1ccc(-c2ccc(CNC(C)C)cc2)cc1. The molecule has 0 aliphatic carbocycles. The highest BCUT2D eigenvalue weighted by atomic mass is 16.5. The zero-order valence-electron chi connectivity index (χ0n) is 31.1. The summed E-state index contributed by atoms with van der Waals surface area (Å²) in [6.45, 7) is 33.4. The minimum atomic E-state index is 0.520. The van der Waals surface area contributed by atoms with Crippen molar-refractivity contribution in [2.24, 2.45) is 0 Å². The highest BCUT2D eigenvalue weighted by Gasteiger charge is 2.01. The molecule has 0 fully saturated rings. The van der Waals surface area contributed by atoms with Gasteiger partial charge in [-0.1, -0.05) is 132 Å². The predicted octanol–water partition coefficient (Wildman–Crippen LogP) is 6.33. The molecule has 0 spiro atoms. The maximum Gasteiger partial charge on any atom is 0.0591 e. The van der Waals surface area contributed by atoms with E-state index in [0.29, 0.717) is 36.3 Å². The van der Waals surface area contributed by atoms with Crippen molar-refractivity contribution in [3.8, 4) is 11.1 Å². The van der Waals surface area contributed by atoms with Crippen molar-refractivity contribution in [2.45, 2.75) is 132 Å². The van der Waals surface area contributed by atoms with Gasteiger partial charge in [0.2, 0.25) is 0 Å². The number of rotatable bonds is 20. The van der Waals surface area contributed by atoms with Gasteiger partial charge in [0.1, 0.15) is 0 Å². The Hall–Kier alpha value is -1.84. The summed E-state index contributed by atoms with van der Waals surface area (Å²) in [6.07, 6.45) is 0. The summed E-state index contributed by atoms with van der Waals surface area (Å²) in [6, 6.07) is 21.0. The number of benzene rings is 2. The average Bonchev–Trinajstić information content (AvgIpc) is 2.97. The third-order valence-corrected chi connectivity index (χ3v) is 6.50. The maximum atomic E-state index is 5.41. The fourth-order valence-corrected chi connectivity index (χ4v) is 3.94. The first kappa shape index (κ1) is 43.2. The van der Waals surface area contributed by atoms with Gasteiger partial charge in [-0.15, -0.1) is 0 Å². The molecule has 0 heterocycles. The summed E-state index contributed by atoms with van der Waals surface area (Å²) < 4.78 is 5.41. The van der Waals surface area contributed by atoms with E-state index in [1.165, 1.54) is 22.3 Å². The van der Waals surface area contributed by atoms with Gasteiger partial charge >= 0.3 is 0 Å².